The van der Waals surface area contributed by atoms with Crippen molar-refractivity contribution in [2.75, 3.05) is 24.4 Å². The van der Waals surface area contributed by atoms with Crippen molar-refractivity contribution in [3.05, 3.63) is 88.4 Å². The minimum atomic E-state index is -0.478. The molecule has 6 nitrogen and oxygen atoms in total. The lowest BCUT2D eigenvalue weighted by Crippen LogP contribution is -2.32. The quantitative estimate of drug-likeness (QED) is 0.474. The summed E-state index contributed by atoms with van der Waals surface area (Å²) in [5.41, 5.74) is 1.09. The number of amides is 2. The van der Waals surface area contributed by atoms with E-state index in [9.17, 15) is 9.59 Å². The van der Waals surface area contributed by atoms with Crippen LogP contribution in [-0.2, 0) is 9.59 Å². The number of hydrogen-bond donors (Lipinski definition) is 1. The van der Waals surface area contributed by atoms with E-state index in [2.05, 4.69) is 5.32 Å². The zero-order valence-corrected chi connectivity index (χ0v) is 18.9. The number of carbonyl (C=O) groups is 2. The molecule has 0 unspecified atom stereocenters. The summed E-state index contributed by atoms with van der Waals surface area (Å²) < 4.78 is 10.7. The first-order chi connectivity index (χ1) is 15.5. The number of rotatable bonds is 7. The largest absolute Gasteiger partial charge is 0.497 e. The first kappa shape index (κ1) is 21.8. The predicted molar refractivity (Wildman–Crippen MR) is 126 cm³/mol. The van der Waals surface area contributed by atoms with E-state index >= 15 is 0 Å². The summed E-state index contributed by atoms with van der Waals surface area (Å²) >= 11 is 7.33. The van der Waals surface area contributed by atoms with Gasteiger partial charge in [-0.3, -0.25) is 9.59 Å². The molecule has 1 aliphatic heterocycles. The first-order valence-corrected chi connectivity index (χ1v) is 10.8. The Hall–Kier alpha value is -3.42. The number of carbonyl (C=O) groups excluding carboxylic acids is 2. The van der Waals surface area contributed by atoms with Crippen molar-refractivity contribution < 1.29 is 19.1 Å². The number of methoxy groups -OCH3 is 2. The summed E-state index contributed by atoms with van der Waals surface area (Å²) in [6.07, 6.45) is 0. The van der Waals surface area contributed by atoms with Crippen molar-refractivity contribution in [3.63, 3.8) is 0 Å². The molecule has 3 aromatic carbocycles. The molecule has 0 saturated heterocycles. The lowest BCUT2D eigenvalue weighted by molar-refractivity contribution is -0.120. The normalized spacial score (nSPS) is 13.5. The Labute approximate surface area is 194 Å². The maximum absolute atomic E-state index is 13.4. The average Bonchev–Trinajstić information content (AvgIpc) is 3.03. The Morgan fingerprint density at radius 2 is 1.66 bits per heavy atom. The molecule has 8 heteroatoms. The zero-order valence-electron chi connectivity index (χ0n) is 17.3. The molecule has 0 bridgehead atoms. The maximum atomic E-state index is 13.4. The van der Waals surface area contributed by atoms with Crippen molar-refractivity contribution in [3.8, 4) is 11.5 Å². The van der Waals surface area contributed by atoms with Crippen LogP contribution in [-0.4, -0.2) is 26.0 Å². The molecule has 32 heavy (non-hydrogen) atoms. The van der Waals surface area contributed by atoms with Crippen LogP contribution in [0.15, 0.2) is 88.3 Å². The maximum Gasteiger partial charge on any atom is 0.283 e. The van der Waals surface area contributed by atoms with E-state index in [1.54, 1.807) is 49.6 Å². The van der Waals surface area contributed by atoms with Crippen molar-refractivity contribution in [2.45, 2.75) is 4.90 Å². The Balaban J connectivity index is 1.77. The molecule has 1 N–H and O–H groups in total. The molecule has 1 aliphatic rings. The molecular weight excluding hydrogens is 448 g/mol. The van der Waals surface area contributed by atoms with E-state index in [0.29, 0.717) is 27.9 Å². The van der Waals surface area contributed by atoms with Crippen LogP contribution in [0.5, 0.6) is 11.5 Å². The summed E-state index contributed by atoms with van der Waals surface area (Å²) in [5, 5.41) is 3.54. The molecule has 0 spiro atoms. The Kier molecular flexibility index (Phi) is 6.39. The zero-order chi connectivity index (χ0) is 22.7. The molecule has 4 rings (SSSR count). The Bertz CT molecular complexity index is 1210. The number of benzene rings is 3. The van der Waals surface area contributed by atoms with Gasteiger partial charge in [0.05, 0.1) is 25.6 Å². The van der Waals surface area contributed by atoms with Gasteiger partial charge in [0.1, 0.15) is 22.1 Å². The molecule has 0 atom stereocenters. The van der Waals surface area contributed by atoms with Crippen molar-refractivity contribution in [1.29, 1.82) is 0 Å². The highest BCUT2D eigenvalue weighted by atomic mass is 35.5. The number of thioether (sulfide) groups is 1. The van der Waals surface area contributed by atoms with Gasteiger partial charge in [0.25, 0.3) is 11.8 Å². The third-order valence-electron chi connectivity index (χ3n) is 4.74. The van der Waals surface area contributed by atoms with Crippen molar-refractivity contribution in [2.24, 2.45) is 0 Å². The molecule has 0 fully saturated rings. The number of anilines is 2. The summed E-state index contributed by atoms with van der Waals surface area (Å²) in [4.78, 5) is 29.0. The lowest BCUT2D eigenvalue weighted by atomic mass is 10.2. The Morgan fingerprint density at radius 1 is 0.875 bits per heavy atom. The monoisotopic (exact) mass is 466 g/mol. The highest BCUT2D eigenvalue weighted by Crippen LogP contribution is 2.39. The lowest BCUT2D eigenvalue weighted by Gasteiger charge is -2.16. The molecular formula is C24H19ClN2O4S. The molecule has 1 heterocycles. The van der Waals surface area contributed by atoms with Gasteiger partial charge >= 0.3 is 0 Å². The molecule has 3 aromatic rings. The number of nitrogens with zero attached hydrogens (tertiary/aromatic N) is 1. The Morgan fingerprint density at radius 3 is 2.34 bits per heavy atom. The van der Waals surface area contributed by atoms with E-state index in [-0.39, 0.29) is 10.6 Å². The van der Waals surface area contributed by atoms with E-state index in [1.807, 2.05) is 30.3 Å². The minimum absolute atomic E-state index is 0.160. The topological polar surface area (TPSA) is 67.9 Å². The van der Waals surface area contributed by atoms with Crippen LogP contribution in [0.2, 0.25) is 5.02 Å². The second kappa shape index (κ2) is 9.38. The molecule has 0 aromatic heterocycles. The highest BCUT2D eigenvalue weighted by molar-refractivity contribution is 8.04. The SMILES string of the molecule is COc1ccc(NC2=C(Sc3ccccc3)C(=O)N(c3cccc(Cl)c3)C2=O)c(OC)c1. The molecule has 0 aliphatic carbocycles. The van der Waals surface area contributed by atoms with Gasteiger partial charge in [-0.2, -0.15) is 0 Å². The van der Waals surface area contributed by atoms with Gasteiger partial charge in [-0.05, 0) is 42.5 Å². The number of halogens is 1. The van der Waals surface area contributed by atoms with Crippen LogP contribution >= 0.6 is 23.4 Å². The van der Waals surface area contributed by atoms with E-state index in [1.165, 1.54) is 18.9 Å². The fourth-order valence-corrected chi connectivity index (χ4v) is 4.34. The van der Waals surface area contributed by atoms with Crippen LogP contribution in [0.4, 0.5) is 11.4 Å². The summed E-state index contributed by atoms with van der Waals surface area (Å²) in [6.45, 7) is 0. The van der Waals surface area contributed by atoms with Gasteiger partial charge in [-0.15, -0.1) is 0 Å². The number of hydrogen-bond acceptors (Lipinski definition) is 6. The average molecular weight is 467 g/mol. The molecule has 0 saturated carbocycles. The summed E-state index contributed by atoms with van der Waals surface area (Å²) in [7, 11) is 3.08. The van der Waals surface area contributed by atoms with E-state index in [0.717, 1.165) is 9.80 Å². The van der Waals surface area contributed by atoms with Gasteiger partial charge in [-0.1, -0.05) is 47.6 Å². The number of ether oxygens (including phenoxy) is 2. The van der Waals surface area contributed by atoms with Crippen LogP contribution in [0.25, 0.3) is 0 Å². The van der Waals surface area contributed by atoms with E-state index < -0.39 is 11.8 Å². The van der Waals surface area contributed by atoms with Gasteiger partial charge in [-0.25, -0.2) is 4.90 Å². The van der Waals surface area contributed by atoms with Crippen molar-refractivity contribution in [1.82, 2.24) is 0 Å². The van der Waals surface area contributed by atoms with Crippen molar-refractivity contribution >= 4 is 46.6 Å². The molecule has 0 radical (unpaired) electrons. The van der Waals surface area contributed by atoms with Gasteiger partial charge < -0.3 is 14.8 Å². The summed E-state index contributed by atoms with van der Waals surface area (Å²) in [5.74, 6) is 0.173. The highest BCUT2D eigenvalue weighted by Gasteiger charge is 2.40. The van der Waals surface area contributed by atoms with Gasteiger partial charge in [0, 0.05) is 16.0 Å². The number of imide groups is 1. The fourth-order valence-electron chi connectivity index (χ4n) is 3.21. The first-order valence-electron chi connectivity index (χ1n) is 9.62. The molecule has 162 valence electrons. The van der Waals surface area contributed by atoms with Crippen LogP contribution in [0, 0.1) is 0 Å². The van der Waals surface area contributed by atoms with Gasteiger partial charge in [0.15, 0.2) is 0 Å². The van der Waals surface area contributed by atoms with E-state index in [4.69, 9.17) is 21.1 Å². The third-order valence-corrected chi connectivity index (χ3v) is 6.07. The standard InChI is InChI=1S/C24H19ClN2O4S/c1-30-17-11-12-19(20(14-17)31-2)26-21-22(32-18-9-4-3-5-10-18)24(29)27(23(21)28)16-8-6-7-15(25)13-16/h3-14,26H,1-2H3. The van der Waals surface area contributed by atoms with Crippen LogP contribution in [0.1, 0.15) is 0 Å². The van der Waals surface area contributed by atoms with Gasteiger partial charge in [0.2, 0.25) is 0 Å². The van der Waals surface area contributed by atoms with Crippen LogP contribution < -0.4 is 19.7 Å². The smallest absolute Gasteiger partial charge is 0.283 e. The third kappa shape index (κ3) is 4.30. The summed E-state index contributed by atoms with van der Waals surface area (Å²) in [6, 6.07) is 21.2. The molecule has 2 amide bonds. The fraction of sp³-hybridized carbons (Fsp3) is 0.0833. The minimum Gasteiger partial charge on any atom is -0.497 e. The number of nitrogens with one attached hydrogen (secondary N) is 1. The van der Waals surface area contributed by atoms with Crippen LogP contribution in [0.3, 0.4) is 0 Å². The second-order valence-electron chi connectivity index (χ2n) is 6.74. The second-order valence-corrected chi connectivity index (χ2v) is 8.26. The predicted octanol–water partition coefficient (Wildman–Crippen LogP) is 5.35.